The topological polar surface area (TPSA) is 91.5 Å². The number of halogens is 1. The minimum absolute atomic E-state index is 0.0484. The van der Waals surface area contributed by atoms with Gasteiger partial charge in [-0.05, 0) is 30.2 Å². The largest absolute Gasteiger partial charge is 0.395 e. The second-order valence-corrected chi connectivity index (χ2v) is 9.61. The van der Waals surface area contributed by atoms with Crippen LogP contribution in [0.4, 0.5) is 5.69 Å². The van der Waals surface area contributed by atoms with Crippen LogP contribution in [0.25, 0.3) is 0 Å². The Labute approximate surface area is 213 Å². The van der Waals surface area contributed by atoms with Gasteiger partial charge in [-0.15, -0.1) is 11.7 Å². The van der Waals surface area contributed by atoms with Crippen molar-refractivity contribution in [2.24, 2.45) is 5.92 Å². The Morgan fingerprint density at radius 1 is 1.23 bits per heavy atom. The molecule has 1 unspecified atom stereocenters. The summed E-state index contributed by atoms with van der Waals surface area (Å²) >= 11 is 3.46. The zero-order valence-corrected chi connectivity index (χ0v) is 21.2. The molecule has 182 valence electrons. The molecule has 0 bridgehead atoms. The zero-order valence-electron chi connectivity index (χ0n) is 19.6. The molecule has 1 aromatic heterocycles. The Bertz CT molecular complexity index is 1230. The highest BCUT2D eigenvalue weighted by Gasteiger charge is 2.52. The number of rotatable bonds is 10. The quantitative estimate of drug-likeness (QED) is 0.379. The van der Waals surface area contributed by atoms with Crippen LogP contribution in [0.15, 0.2) is 84.0 Å². The van der Waals surface area contributed by atoms with E-state index < -0.39 is 11.5 Å². The Hall–Kier alpha value is -3.07. The highest BCUT2D eigenvalue weighted by atomic mass is 79.9. The van der Waals surface area contributed by atoms with Crippen LogP contribution in [0.1, 0.15) is 36.1 Å². The molecule has 1 amide bonds. The van der Waals surface area contributed by atoms with E-state index in [4.69, 9.17) is 0 Å². The fraction of sp³-hybridized carbons (Fsp3) is 0.296. The second-order valence-electron chi connectivity index (χ2n) is 8.69. The molecular weight excluding hydrogens is 508 g/mol. The van der Waals surface area contributed by atoms with Crippen molar-refractivity contribution in [1.29, 1.82) is 0 Å². The van der Waals surface area contributed by atoms with E-state index in [-0.39, 0.29) is 18.4 Å². The van der Waals surface area contributed by atoms with E-state index in [0.29, 0.717) is 36.5 Å². The van der Waals surface area contributed by atoms with Gasteiger partial charge in [0.2, 0.25) is 0 Å². The lowest BCUT2D eigenvalue weighted by Gasteiger charge is -2.27. The van der Waals surface area contributed by atoms with Gasteiger partial charge in [0.15, 0.2) is 5.60 Å². The van der Waals surface area contributed by atoms with E-state index in [0.717, 1.165) is 10.0 Å². The van der Waals surface area contributed by atoms with E-state index >= 15 is 0 Å². The van der Waals surface area contributed by atoms with Gasteiger partial charge in [-0.2, -0.15) is 0 Å². The van der Waals surface area contributed by atoms with Crippen molar-refractivity contribution < 1.29 is 15.0 Å². The van der Waals surface area contributed by atoms with Gasteiger partial charge in [0.05, 0.1) is 23.9 Å². The first kappa shape index (κ1) is 25.0. The van der Waals surface area contributed by atoms with Crippen LogP contribution in [0.5, 0.6) is 0 Å². The standard InChI is InChI=1S/C27H29BrN4O3/c1-3-14-32-25-13-12-21(28)16-23(25)27(35,26(32)34)19(2)9-7-8-15-31-17-24(29-30-31)22(18-33)20-10-5-4-6-11-20/h3-7,9-13,16-17,19,22,33,35H,1,8,14-15,18H2,2H3/b9-7+/t19-,22?,27+/m1/s1. The maximum absolute atomic E-state index is 13.2. The maximum atomic E-state index is 13.2. The average Bonchev–Trinajstić information content (AvgIpc) is 3.41. The van der Waals surface area contributed by atoms with Crippen LogP contribution in [0.2, 0.25) is 0 Å². The summed E-state index contributed by atoms with van der Waals surface area (Å²) in [4.78, 5) is 14.8. The van der Waals surface area contributed by atoms with Crippen molar-refractivity contribution in [2.75, 3.05) is 18.1 Å². The van der Waals surface area contributed by atoms with Crippen molar-refractivity contribution in [3.63, 3.8) is 0 Å². The Kier molecular flexibility index (Phi) is 7.64. The van der Waals surface area contributed by atoms with Gasteiger partial charge in [-0.3, -0.25) is 9.48 Å². The SMILES string of the molecule is C=CCN1C(=O)[C@](O)([C@H](C)/C=C/CCn2cc(C(CO)c3ccccc3)nn2)c2cc(Br)ccc21. The predicted octanol–water partition coefficient (Wildman–Crippen LogP) is 4.17. The zero-order chi connectivity index (χ0) is 25.0. The molecule has 0 spiro atoms. The fourth-order valence-electron chi connectivity index (χ4n) is 4.51. The molecule has 4 rings (SSSR count). The number of carbonyl (C=O) groups is 1. The molecule has 1 aliphatic rings. The Morgan fingerprint density at radius 2 is 2.00 bits per heavy atom. The molecule has 1 aliphatic heterocycles. The number of carbonyl (C=O) groups excluding carboxylic acids is 1. The van der Waals surface area contributed by atoms with E-state index in [2.05, 4.69) is 32.8 Å². The van der Waals surface area contributed by atoms with Crippen molar-refractivity contribution >= 4 is 27.5 Å². The van der Waals surface area contributed by atoms with Gasteiger partial charge in [0.25, 0.3) is 5.91 Å². The molecular formula is C27H29BrN4O3. The molecule has 2 heterocycles. The normalized spacial score (nSPS) is 19.2. The first-order valence-electron chi connectivity index (χ1n) is 11.6. The summed E-state index contributed by atoms with van der Waals surface area (Å²) in [5.41, 5.74) is 1.35. The smallest absolute Gasteiger partial charge is 0.264 e. The summed E-state index contributed by atoms with van der Waals surface area (Å²) in [6.07, 6.45) is 7.97. The number of hydrogen-bond acceptors (Lipinski definition) is 5. The van der Waals surface area contributed by atoms with Gasteiger partial charge in [0.1, 0.15) is 0 Å². The van der Waals surface area contributed by atoms with Crippen LogP contribution >= 0.6 is 15.9 Å². The number of allylic oxidation sites excluding steroid dienone is 1. The summed E-state index contributed by atoms with van der Waals surface area (Å²) in [5, 5.41) is 29.9. The molecule has 0 fully saturated rings. The number of anilines is 1. The summed E-state index contributed by atoms with van der Waals surface area (Å²) in [7, 11) is 0. The molecule has 35 heavy (non-hydrogen) atoms. The van der Waals surface area contributed by atoms with E-state index in [1.165, 1.54) is 0 Å². The molecule has 0 saturated carbocycles. The van der Waals surface area contributed by atoms with Crippen LogP contribution in [-0.2, 0) is 16.9 Å². The number of amides is 1. The number of aromatic nitrogens is 3. The molecule has 3 atom stereocenters. The number of fused-ring (bicyclic) bond motifs is 1. The lowest BCUT2D eigenvalue weighted by atomic mass is 9.83. The number of aliphatic hydroxyl groups is 2. The van der Waals surface area contributed by atoms with Crippen molar-refractivity contribution in [2.45, 2.75) is 31.4 Å². The maximum Gasteiger partial charge on any atom is 0.264 e. The fourth-order valence-corrected chi connectivity index (χ4v) is 4.87. The third kappa shape index (κ3) is 4.87. The van der Waals surface area contributed by atoms with E-state index in [1.54, 1.807) is 15.7 Å². The summed E-state index contributed by atoms with van der Waals surface area (Å²) in [5.74, 6) is -1.01. The van der Waals surface area contributed by atoms with E-state index in [1.807, 2.05) is 73.8 Å². The van der Waals surface area contributed by atoms with Crippen LogP contribution < -0.4 is 4.90 Å². The van der Waals surface area contributed by atoms with Crippen molar-refractivity contribution in [3.8, 4) is 0 Å². The van der Waals surface area contributed by atoms with Gasteiger partial charge in [0, 0.05) is 35.2 Å². The molecule has 7 nitrogen and oxygen atoms in total. The Morgan fingerprint density at radius 3 is 2.71 bits per heavy atom. The van der Waals surface area contributed by atoms with Gasteiger partial charge in [-0.1, -0.05) is 76.6 Å². The average molecular weight is 537 g/mol. The number of aliphatic hydroxyl groups excluding tert-OH is 1. The minimum atomic E-state index is -1.65. The highest BCUT2D eigenvalue weighted by molar-refractivity contribution is 9.10. The number of benzene rings is 2. The van der Waals surface area contributed by atoms with Crippen molar-refractivity contribution in [3.05, 3.63) is 101 Å². The van der Waals surface area contributed by atoms with Crippen LogP contribution in [0.3, 0.4) is 0 Å². The number of nitrogens with zero attached hydrogens (tertiary/aromatic N) is 4. The molecule has 8 heteroatoms. The molecule has 2 N–H and O–H groups in total. The first-order chi connectivity index (χ1) is 16.9. The molecule has 3 aromatic rings. The summed E-state index contributed by atoms with van der Waals surface area (Å²) < 4.78 is 2.54. The van der Waals surface area contributed by atoms with Crippen LogP contribution in [0, 0.1) is 5.92 Å². The first-order valence-corrected chi connectivity index (χ1v) is 12.4. The van der Waals surface area contributed by atoms with Gasteiger partial charge in [-0.25, -0.2) is 0 Å². The molecule has 0 saturated heterocycles. The molecule has 0 aliphatic carbocycles. The van der Waals surface area contributed by atoms with E-state index in [9.17, 15) is 15.0 Å². The third-order valence-electron chi connectivity index (χ3n) is 6.45. The Balaban J connectivity index is 1.44. The summed E-state index contributed by atoms with van der Waals surface area (Å²) in [6.45, 7) is 6.45. The number of hydrogen-bond donors (Lipinski definition) is 2. The lowest BCUT2D eigenvalue weighted by molar-refractivity contribution is -0.139. The molecule has 2 aromatic carbocycles. The third-order valence-corrected chi connectivity index (χ3v) is 6.94. The predicted molar refractivity (Wildman–Crippen MR) is 139 cm³/mol. The molecule has 0 radical (unpaired) electrons. The van der Waals surface area contributed by atoms with Gasteiger partial charge < -0.3 is 15.1 Å². The lowest BCUT2D eigenvalue weighted by Crippen LogP contribution is -2.44. The monoisotopic (exact) mass is 536 g/mol. The van der Waals surface area contributed by atoms with Gasteiger partial charge >= 0.3 is 0 Å². The minimum Gasteiger partial charge on any atom is -0.395 e. The van der Waals surface area contributed by atoms with Crippen LogP contribution in [-0.4, -0.2) is 44.3 Å². The number of aryl methyl sites for hydroxylation is 1. The highest BCUT2D eigenvalue weighted by Crippen LogP contribution is 2.46. The van der Waals surface area contributed by atoms with Crippen molar-refractivity contribution in [1.82, 2.24) is 15.0 Å². The summed E-state index contributed by atoms with van der Waals surface area (Å²) in [6, 6.07) is 15.2. The second kappa shape index (κ2) is 10.7.